The van der Waals surface area contributed by atoms with Crippen molar-refractivity contribution in [3.05, 3.63) is 24.3 Å². The van der Waals surface area contributed by atoms with Gasteiger partial charge in [0, 0.05) is 6.04 Å². The Labute approximate surface area is 132 Å². The highest BCUT2D eigenvalue weighted by atomic mass is 16.5. The number of carbonyl (C=O) groups excluding carboxylic acids is 1. The number of para-hydroxylation sites is 2. The number of hydrogen-bond donors (Lipinski definition) is 1. The largest absolute Gasteiger partial charge is 0.493 e. The summed E-state index contributed by atoms with van der Waals surface area (Å²) in [5.41, 5.74) is 0. The molecule has 0 saturated heterocycles. The quantitative estimate of drug-likeness (QED) is 0.878. The van der Waals surface area contributed by atoms with Crippen LogP contribution in [0.1, 0.15) is 39.0 Å². The fraction of sp³-hybridized carbons (Fsp3) is 0.611. The van der Waals surface area contributed by atoms with Crippen LogP contribution in [-0.4, -0.2) is 25.2 Å². The average Bonchev–Trinajstić information content (AvgIpc) is 3.15. The van der Waals surface area contributed by atoms with Crippen LogP contribution in [0, 0.1) is 11.8 Å². The molecule has 4 atom stereocenters. The van der Waals surface area contributed by atoms with Crippen molar-refractivity contribution in [2.75, 3.05) is 7.11 Å². The van der Waals surface area contributed by atoms with E-state index in [1.807, 2.05) is 31.2 Å². The summed E-state index contributed by atoms with van der Waals surface area (Å²) < 4.78 is 11.2. The highest BCUT2D eigenvalue weighted by Gasteiger charge is 2.40. The normalized spacial score (nSPS) is 27.5. The zero-order chi connectivity index (χ0) is 15.5. The minimum atomic E-state index is -0.463. The second-order valence-corrected chi connectivity index (χ2v) is 6.46. The molecule has 120 valence electrons. The Morgan fingerprint density at radius 1 is 1.27 bits per heavy atom. The third-order valence-corrected chi connectivity index (χ3v) is 5.07. The molecule has 1 amide bonds. The minimum Gasteiger partial charge on any atom is -0.493 e. The number of amides is 1. The molecular formula is C18H25NO3. The number of ether oxygens (including phenoxy) is 2. The van der Waals surface area contributed by atoms with Gasteiger partial charge in [0.1, 0.15) is 0 Å². The first-order valence-electron chi connectivity index (χ1n) is 8.31. The lowest BCUT2D eigenvalue weighted by Gasteiger charge is -2.26. The van der Waals surface area contributed by atoms with E-state index in [1.54, 1.807) is 7.11 Å². The summed E-state index contributed by atoms with van der Waals surface area (Å²) >= 11 is 0. The van der Waals surface area contributed by atoms with Crippen LogP contribution in [0.4, 0.5) is 0 Å². The third kappa shape index (κ3) is 3.06. The predicted octanol–water partition coefficient (Wildman–Crippen LogP) is 3.16. The Morgan fingerprint density at radius 3 is 2.64 bits per heavy atom. The van der Waals surface area contributed by atoms with Gasteiger partial charge in [-0.15, -0.1) is 0 Å². The molecule has 0 heterocycles. The second kappa shape index (κ2) is 6.59. The molecule has 0 unspecified atom stereocenters. The molecule has 2 saturated carbocycles. The Bertz CT molecular complexity index is 531. The van der Waals surface area contributed by atoms with Crippen LogP contribution in [0.3, 0.4) is 0 Å². The van der Waals surface area contributed by atoms with Crippen molar-refractivity contribution in [1.29, 1.82) is 0 Å². The number of carbonyl (C=O) groups is 1. The standard InChI is InChI=1S/C18H25NO3/c1-3-15(22-17-7-5-4-6-16(17)21-2)18(20)19-14-11-12-8-9-13(14)10-12/h4-7,12-15H,3,8-11H2,1-2H3,(H,19,20)/t12-,13-,14-,15+/m0/s1. The lowest BCUT2D eigenvalue weighted by atomic mass is 9.95. The van der Waals surface area contributed by atoms with Crippen LogP contribution < -0.4 is 14.8 Å². The molecule has 1 aromatic rings. The van der Waals surface area contributed by atoms with Crippen molar-refractivity contribution in [3.8, 4) is 11.5 Å². The van der Waals surface area contributed by atoms with Crippen molar-refractivity contribution in [2.24, 2.45) is 11.8 Å². The zero-order valence-corrected chi connectivity index (χ0v) is 13.4. The molecule has 2 bridgehead atoms. The molecule has 2 aliphatic rings. The van der Waals surface area contributed by atoms with E-state index in [9.17, 15) is 4.79 Å². The maximum absolute atomic E-state index is 12.5. The first kappa shape index (κ1) is 15.2. The highest BCUT2D eigenvalue weighted by Crippen LogP contribution is 2.44. The molecule has 2 aliphatic carbocycles. The molecule has 0 radical (unpaired) electrons. The van der Waals surface area contributed by atoms with Gasteiger partial charge in [0.2, 0.25) is 0 Å². The molecule has 4 nitrogen and oxygen atoms in total. The zero-order valence-electron chi connectivity index (χ0n) is 13.4. The summed E-state index contributed by atoms with van der Waals surface area (Å²) in [4.78, 5) is 12.5. The Kier molecular flexibility index (Phi) is 4.55. The fourth-order valence-electron chi connectivity index (χ4n) is 3.89. The van der Waals surface area contributed by atoms with Crippen molar-refractivity contribution in [2.45, 2.75) is 51.2 Å². The van der Waals surface area contributed by atoms with Crippen LogP contribution >= 0.6 is 0 Å². The maximum Gasteiger partial charge on any atom is 0.261 e. The summed E-state index contributed by atoms with van der Waals surface area (Å²) in [6.07, 6.45) is 5.21. The van der Waals surface area contributed by atoms with Gasteiger partial charge in [0.15, 0.2) is 17.6 Å². The first-order chi connectivity index (χ1) is 10.7. The number of rotatable bonds is 6. The number of hydrogen-bond acceptors (Lipinski definition) is 3. The lowest BCUT2D eigenvalue weighted by molar-refractivity contribution is -0.129. The van der Waals surface area contributed by atoms with Crippen LogP contribution in [0.5, 0.6) is 11.5 Å². The molecule has 0 spiro atoms. The van der Waals surface area contributed by atoms with Gasteiger partial charge < -0.3 is 14.8 Å². The molecule has 0 aliphatic heterocycles. The van der Waals surface area contributed by atoms with Gasteiger partial charge in [0.05, 0.1) is 7.11 Å². The van der Waals surface area contributed by atoms with Gasteiger partial charge in [-0.3, -0.25) is 4.79 Å². The summed E-state index contributed by atoms with van der Waals surface area (Å²) in [6, 6.07) is 7.81. The van der Waals surface area contributed by atoms with E-state index < -0.39 is 6.10 Å². The topological polar surface area (TPSA) is 47.6 Å². The van der Waals surface area contributed by atoms with E-state index >= 15 is 0 Å². The predicted molar refractivity (Wildman–Crippen MR) is 85.1 cm³/mol. The van der Waals surface area contributed by atoms with Gasteiger partial charge in [-0.05, 0) is 49.7 Å². The van der Waals surface area contributed by atoms with Crippen molar-refractivity contribution < 1.29 is 14.3 Å². The Hall–Kier alpha value is -1.71. The average molecular weight is 303 g/mol. The van der Waals surface area contributed by atoms with Crippen LogP contribution in [0.25, 0.3) is 0 Å². The molecule has 22 heavy (non-hydrogen) atoms. The maximum atomic E-state index is 12.5. The van der Waals surface area contributed by atoms with Crippen LogP contribution in [0.2, 0.25) is 0 Å². The van der Waals surface area contributed by atoms with Crippen LogP contribution in [0.15, 0.2) is 24.3 Å². The van der Waals surface area contributed by atoms with E-state index in [0.29, 0.717) is 29.9 Å². The highest BCUT2D eigenvalue weighted by molar-refractivity contribution is 5.81. The van der Waals surface area contributed by atoms with Gasteiger partial charge >= 0.3 is 0 Å². The molecule has 3 rings (SSSR count). The van der Waals surface area contributed by atoms with E-state index in [-0.39, 0.29) is 5.91 Å². The van der Waals surface area contributed by atoms with Crippen LogP contribution in [-0.2, 0) is 4.79 Å². The van der Waals surface area contributed by atoms with Gasteiger partial charge in [-0.1, -0.05) is 25.5 Å². The van der Waals surface area contributed by atoms with Gasteiger partial charge in [0.25, 0.3) is 5.91 Å². The SMILES string of the molecule is CC[C@@H](Oc1ccccc1OC)C(=O)N[C@H]1C[C@H]2CC[C@H]1C2. The minimum absolute atomic E-state index is 0.00551. The molecule has 2 fully saturated rings. The molecule has 1 N–H and O–H groups in total. The Balaban J connectivity index is 1.62. The monoisotopic (exact) mass is 303 g/mol. The molecule has 4 heteroatoms. The fourth-order valence-corrected chi connectivity index (χ4v) is 3.89. The Morgan fingerprint density at radius 2 is 2.05 bits per heavy atom. The van der Waals surface area contributed by atoms with E-state index in [4.69, 9.17) is 9.47 Å². The third-order valence-electron chi connectivity index (χ3n) is 5.07. The molecular weight excluding hydrogens is 278 g/mol. The first-order valence-corrected chi connectivity index (χ1v) is 8.31. The van der Waals surface area contributed by atoms with E-state index in [2.05, 4.69) is 5.32 Å². The smallest absolute Gasteiger partial charge is 0.261 e. The van der Waals surface area contributed by atoms with Gasteiger partial charge in [-0.25, -0.2) is 0 Å². The summed E-state index contributed by atoms with van der Waals surface area (Å²) in [5, 5.41) is 3.21. The number of benzene rings is 1. The summed E-state index contributed by atoms with van der Waals surface area (Å²) in [5.74, 6) is 2.79. The van der Waals surface area contributed by atoms with Crippen molar-refractivity contribution in [1.82, 2.24) is 5.32 Å². The molecule has 1 aromatic carbocycles. The molecule has 0 aromatic heterocycles. The lowest BCUT2D eigenvalue weighted by Crippen LogP contribution is -2.45. The van der Waals surface area contributed by atoms with Crippen molar-refractivity contribution >= 4 is 5.91 Å². The van der Waals surface area contributed by atoms with Crippen molar-refractivity contribution in [3.63, 3.8) is 0 Å². The summed E-state index contributed by atoms with van der Waals surface area (Å²) in [6.45, 7) is 1.97. The number of methoxy groups -OCH3 is 1. The number of nitrogens with one attached hydrogen (secondary N) is 1. The van der Waals surface area contributed by atoms with E-state index in [1.165, 1.54) is 19.3 Å². The second-order valence-electron chi connectivity index (χ2n) is 6.46. The van der Waals surface area contributed by atoms with E-state index in [0.717, 1.165) is 12.3 Å². The number of fused-ring (bicyclic) bond motifs is 2. The summed E-state index contributed by atoms with van der Waals surface area (Å²) in [7, 11) is 1.61. The van der Waals surface area contributed by atoms with Gasteiger partial charge in [-0.2, -0.15) is 0 Å².